The summed E-state index contributed by atoms with van der Waals surface area (Å²) in [5.41, 5.74) is 5.89. The third kappa shape index (κ3) is 4.54. The molecule has 1 aromatic carbocycles. The fourth-order valence-electron chi connectivity index (χ4n) is 1.56. The van der Waals surface area contributed by atoms with Gasteiger partial charge in [0, 0.05) is 5.92 Å². The van der Waals surface area contributed by atoms with Crippen molar-refractivity contribution >= 4 is 29.2 Å². The van der Waals surface area contributed by atoms with Crippen molar-refractivity contribution in [3.8, 4) is 0 Å². The fraction of sp³-hybridized carbons (Fsp3) is 0.385. The number of nitrogens with two attached hydrogens (primary N) is 1. The van der Waals surface area contributed by atoms with Crippen molar-refractivity contribution in [3.63, 3.8) is 0 Å². The summed E-state index contributed by atoms with van der Waals surface area (Å²) in [5, 5.41) is 11.7. The summed E-state index contributed by atoms with van der Waals surface area (Å²) in [4.78, 5) is 22.6. The minimum atomic E-state index is -1.06. The van der Waals surface area contributed by atoms with Crippen LogP contribution in [0.2, 0.25) is 5.02 Å². The molecule has 104 valence electrons. The Labute approximate surface area is 116 Å². The van der Waals surface area contributed by atoms with Crippen molar-refractivity contribution in [2.75, 3.05) is 11.9 Å². The van der Waals surface area contributed by atoms with Gasteiger partial charge in [0.25, 0.3) is 0 Å². The highest BCUT2D eigenvalue weighted by atomic mass is 35.5. The van der Waals surface area contributed by atoms with Crippen LogP contribution in [0.5, 0.6) is 0 Å². The van der Waals surface area contributed by atoms with Gasteiger partial charge in [0.05, 0.1) is 16.3 Å². The van der Waals surface area contributed by atoms with E-state index in [-0.39, 0.29) is 22.4 Å². The number of aromatic carboxylic acids is 1. The Bertz CT molecular complexity index is 477. The van der Waals surface area contributed by atoms with E-state index in [1.165, 1.54) is 18.2 Å². The Morgan fingerprint density at radius 2 is 2.16 bits per heavy atom. The second kappa shape index (κ2) is 7.11. The number of carbonyl (C=O) groups excluding carboxylic acids is 1. The van der Waals surface area contributed by atoms with Crippen LogP contribution in [0.3, 0.4) is 0 Å². The summed E-state index contributed by atoms with van der Waals surface area (Å²) in [7, 11) is 0. The minimum absolute atomic E-state index is 0.0826. The first-order valence-electron chi connectivity index (χ1n) is 5.99. The van der Waals surface area contributed by atoms with Gasteiger partial charge in [-0.1, -0.05) is 18.5 Å². The first kappa shape index (κ1) is 15.5. The van der Waals surface area contributed by atoms with Gasteiger partial charge in [0.2, 0.25) is 5.91 Å². The monoisotopic (exact) mass is 284 g/mol. The van der Waals surface area contributed by atoms with Gasteiger partial charge in [0.1, 0.15) is 0 Å². The second-order valence-corrected chi connectivity index (χ2v) is 4.73. The van der Waals surface area contributed by atoms with E-state index in [2.05, 4.69) is 5.32 Å². The van der Waals surface area contributed by atoms with E-state index < -0.39 is 5.97 Å². The molecule has 0 aliphatic rings. The van der Waals surface area contributed by atoms with Gasteiger partial charge < -0.3 is 16.2 Å². The third-order valence-corrected chi connectivity index (χ3v) is 3.08. The van der Waals surface area contributed by atoms with E-state index in [4.69, 9.17) is 22.4 Å². The van der Waals surface area contributed by atoms with Gasteiger partial charge in [-0.3, -0.25) is 4.79 Å². The third-order valence-electron chi connectivity index (χ3n) is 2.76. The highest BCUT2D eigenvalue weighted by molar-refractivity contribution is 6.34. The molecule has 0 radical (unpaired) electrons. The number of hydrogen-bond donors (Lipinski definition) is 3. The van der Waals surface area contributed by atoms with Crippen molar-refractivity contribution < 1.29 is 14.7 Å². The van der Waals surface area contributed by atoms with Crippen LogP contribution in [0.25, 0.3) is 0 Å². The summed E-state index contributed by atoms with van der Waals surface area (Å²) in [6.07, 6.45) is 1.48. The number of nitrogens with one attached hydrogen (secondary N) is 1. The first-order valence-corrected chi connectivity index (χ1v) is 6.37. The molecule has 4 N–H and O–H groups in total. The smallest absolute Gasteiger partial charge is 0.335 e. The Balaban J connectivity index is 2.72. The standard InChI is InChI=1S/C13H17ClN2O3/c1-8(3-2-6-15)12(17)16-11-5-4-9(13(18)19)7-10(11)14/h4-5,7-8H,2-3,6,15H2,1H3,(H,16,17)(H,18,19). The average Bonchev–Trinajstić information content (AvgIpc) is 2.37. The normalized spacial score (nSPS) is 11.9. The van der Waals surface area contributed by atoms with Gasteiger partial charge >= 0.3 is 5.97 Å². The maximum Gasteiger partial charge on any atom is 0.335 e. The van der Waals surface area contributed by atoms with E-state index in [1.54, 1.807) is 0 Å². The van der Waals surface area contributed by atoms with Crippen LogP contribution < -0.4 is 11.1 Å². The summed E-state index contributed by atoms with van der Waals surface area (Å²) >= 11 is 5.93. The Morgan fingerprint density at radius 3 is 2.68 bits per heavy atom. The number of anilines is 1. The van der Waals surface area contributed by atoms with Crippen LogP contribution in [0, 0.1) is 5.92 Å². The molecule has 0 saturated heterocycles. The molecular formula is C13H17ClN2O3. The summed E-state index contributed by atoms with van der Waals surface area (Å²) < 4.78 is 0. The lowest BCUT2D eigenvalue weighted by molar-refractivity contribution is -0.119. The maximum absolute atomic E-state index is 11.9. The lowest BCUT2D eigenvalue weighted by Crippen LogP contribution is -2.21. The molecule has 1 rings (SSSR count). The van der Waals surface area contributed by atoms with E-state index >= 15 is 0 Å². The number of halogens is 1. The quantitative estimate of drug-likeness (QED) is 0.747. The molecule has 0 bridgehead atoms. The Kier molecular flexibility index (Phi) is 5.79. The van der Waals surface area contributed by atoms with E-state index in [1.807, 2.05) is 6.92 Å². The number of carboxylic acid groups (broad SMARTS) is 1. The number of benzene rings is 1. The molecule has 0 aromatic heterocycles. The topological polar surface area (TPSA) is 92.4 Å². The molecule has 0 fully saturated rings. The average molecular weight is 285 g/mol. The summed E-state index contributed by atoms with van der Waals surface area (Å²) in [6, 6.07) is 4.19. The largest absolute Gasteiger partial charge is 0.478 e. The van der Waals surface area contributed by atoms with Crippen molar-refractivity contribution in [2.24, 2.45) is 11.7 Å². The van der Waals surface area contributed by atoms with E-state index in [9.17, 15) is 9.59 Å². The molecule has 5 nitrogen and oxygen atoms in total. The zero-order chi connectivity index (χ0) is 14.4. The van der Waals surface area contributed by atoms with Gasteiger partial charge in [-0.25, -0.2) is 4.79 Å². The van der Waals surface area contributed by atoms with Gasteiger partial charge in [-0.2, -0.15) is 0 Å². The summed E-state index contributed by atoms with van der Waals surface area (Å²) in [6.45, 7) is 2.36. The van der Waals surface area contributed by atoms with Gasteiger partial charge in [-0.15, -0.1) is 0 Å². The zero-order valence-electron chi connectivity index (χ0n) is 10.6. The summed E-state index contributed by atoms with van der Waals surface area (Å²) in [5.74, 6) is -1.38. The number of rotatable bonds is 6. The molecule has 0 aliphatic heterocycles. The molecule has 1 aromatic rings. The van der Waals surface area contributed by atoms with Crippen LogP contribution in [-0.4, -0.2) is 23.5 Å². The zero-order valence-corrected chi connectivity index (χ0v) is 11.4. The molecule has 1 amide bonds. The molecule has 6 heteroatoms. The Hall–Kier alpha value is -1.59. The highest BCUT2D eigenvalue weighted by Gasteiger charge is 2.14. The van der Waals surface area contributed by atoms with E-state index in [0.29, 0.717) is 18.7 Å². The fourth-order valence-corrected chi connectivity index (χ4v) is 1.79. The van der Waals surface area contributed by atoms with Crippen LogP contribution in [0.4, 0.5) is 5.69 Å². The molecule has 0 aliphatic carbocycles. The highest BCUT2D eigenvalue weighted by Crippen LogP contribution is 2.24. The van der Waals surface area contributed by atoms with Crippen molar-refractivity contribution in [3.05, 3.63) is 28.8 Å². The van der Waals surface area contributed by atoms with Crippen molar-refractivity contribution in [1.29, 1.82) is 0 Å². The lowest BCUT2D eigenvalue weighted by atomic mass is 10.0. The number of amides is 1. The lowest BCUT2D eigenvalue weighted by Gasteiger charge is -2.13. The molecule has 1 unspecified atom stereocenters. The minimum Gasteiger partial charge on any atom is -0.478 e. The molecule has 19 heavy (non-hydrogen) atoms. The van der Waals surface area contributed by atoms with E-state index in [0.717, 1.165) is 6.42 Å². The molecule has 0 heterocycles. The van der Waals surface area contributed by atoms with Crippen molar-refractivity contribution in [2.45, 2.75) is 19.8 Å². The molecule has 0 saturated carbocycles. The molecule has 0 spiro atoms. The SMILES string of the molecule is CC(CCCN)C(=O)Nc1ccc(C(=O)O)cc1Cl. The predicted octanol–water partition coefficient (Wildman–Crippen LogP) is 2.35. The molecule has 1 atom stereocenters. The van der Waals surface area contributed by atoms with Crippen LogP contribution >= 0.6 is 11.6 Å². The number of carbonyl (C=O) groups is 2. The van der Waals surface area contributed by atoms with Crippen LogP contribution in [0.1, 0.15) is 30.1 Å². The van der Waals surface area contributed by atoms with Crippen LogP contribution in [0.15, 0.2) is 18.2 Å². The van der Waals surface area contributed by atoms with Crippen LogP contribution in [-0.2, 0) is 4.79 Å². The van der Waals surface area contributed by atoms with Gasteiger partial charge in [0.15, 0.2) is 0 Å². The first-order chi connectivity index (χ1) is 8.95. The van der Waals surface area contributed by atoms with Crippen molar-refractivity contribution in [1.82, 2.24) is 0 Å². The number of hydrogen-bond acceptors (Lipinski definition) is 3. The van der Waals surface area contributed by atoms with Gasteiger partial charge in [-0.05, 0) is 37.6 Å². The predicted molar refractivity (Wildman–Crippen MR) is 74.5 cm³/mol. The number of carboxylic acids is 1. The Morgan fingerprint density at radius 1 is 1.47 bits per heavy atom. The second-order valence-electron chi connectivity index (χ2n) is 4.32. The molecular weight excluding hydrogens is 268 g/mol. The maximum atomic E-state index is 11.9.